The number of benzene rings is 1. The number of ether oxygens (including phenoxy) is 1. The number of carbonyl (C=O) groups excluding carboxylic acids is 1. The predicted octanol–water partition coefficient (Wildman–Crippen LogP) is -1.10. The molecule has 1 aromatic carbocycles. The Balaban J connectivity index is 1.35. The first-order valence-electron chi connectivity index (χ1n) is 10.7. The summed E-state index contributed by atoms with van der Waals surface area (Å²) in [5.74, 6) is 0.0000333. The summed E-state index contributed by atoms with van der Waals surface area (Å²) < 4.78 is 25.4. The molecule has 1 aliphatic carbocycles. The van der Waals surface area contributed by atoms with E-state index in [4.69, 9.17) is 16.3 Å². The van der Waals surface area contributed by atoms with E-state index >= 15 is 0 Å². The summed E-state index contributed by atoms with van der Waals surface area (Å²) in [7, 11) is 0. The van der Waals surface area contributed by atoms with Gasteiger partial charge in [0.05, 0.1) is 0 Å². The van der Waals surface area contributed by atoms with Gasteiger partial charge in [-0.15, -0.1) is 0 Å². The van der Waals surface area contributed by atoms with Crippen molar-refractivity contribution in [1.82, 2.24) is 15.4 Å². The number of fused-ring (bicyclic) bond motifs is 1. The molecule has 188 valence electrons. The monoisotopic (exact) mass is 618 g/mol. The molecular formula is C21H23ClFIN7O4-. The number of amides is 1. The first-order valence-corrected chi connectivity index (χ1v) is 13.1. The average Bonchev–Trinajstić information content (AvgIpc) is 3.23. The molecule has 4 atom stereocenters. The van der Waals surface area contributed by atoms with Crippen molar-refractivity contribution in [3.8, 4) is 0 Å². The van der Waals surface area contributed by atoms with Crippen LogP contribution in [0, 0.1) is 11.2 Å². The molecule has 5 rings (SSSR count). The summed E-state index contributed by atoms with van der Waals surface area (Å²) in [6.45, 7) is 5.29. The fourth-order valence-electron chi connectivity index (χ4n) is 3.71. The summed E-state index contributed by atoms with van der Waals surface area (Å²) in [6.07, 6.45) is -1.77. The van der Waals surface area contributed by atoms with Crippen LogP contribution in [0.25, 0.3) is 0 Å². The van der Waals surface area contributed by atoms with E-state index in [1.165, 1.54) is 18.5 Å². The molecule has 11 nitrogen and oxygen atoms in total. The molecule has 3 aliphatic rings. The van der Waals surface area contributed by atoms with Crippen molar-refractivity contribution in [2.75, 3.05) is 12.0 Å². The number of nitrogens with one attached hydrogen (secondary N) is 3. The Morgan fingerprint density at radius 3 is 2.89 bits per heavy atom. The van der Waals surface area contributed by atoms with Gasteiger partial charge in [0.15, 0.2) is 0 Å². The number of nitrogens with zero attached hydrogens (tertiary/aromatic N) is 4. The summed E-state index contributed by atoms with van der Waals surface area (Å²) in [6, 6.07) is 4.26. The number of aliphatic hydroxyl groups excluding tert-OH is 2. The normalized spacial score (nSPS) is 28.5. The number of aromatic nitrogens is 2. The van der Waals surface area contributed by atoms with E-state index in [9.17, 15) is 19.4 Å². The second-order valence-corrected chi connectivity index (χ2v) is 11.9. The standard InChI is InChI=1S/C21H23ClFIN7O4/c1-20(2,3)19(34)30-29-12-7-21(12)15(33)14(32)18(35-21)31-17-13(28-24-31)16(25-8-26-17)27-11-5-4-9(22)6-10(11)23/h4-6,8,14-15,18,28,32-33H,7H2,1-3H3,(H,30,34)(H,25,26,27)/q-1/b29-12+/t14-,15+,18-,21?/m1/s1. The minimum absolute atomic E-state index is 0.191. The first kappa shape index (κ1) is 24.4. The van der Waals surface area contributed by atoms with Gasteiger partial charge in [-0.1, -0.05) is 0 Å². The van der Waals surface area contributed by atoms with Crippen LogP contribution in [0.15, 0.2) is 29.6 Å². The Hall–Kier alpha value is -2.33. The molecule has 14 heteroatoms. The van der Waals surface area contributed by atoms with Crippen molar-refractivity contribution in [2.45, 2.75) is 51.2 Å². The molecule has 5 N–H and O–H groups in total. The van der Waals surface area contributed by atoms with Gasteiger partial charge < -0.3 is 0 Å². The molecule has 3 heterocycles. The maximum absolute atomic E-state index is 14.3. The van der Waals surface area contributed by atoms with Gasteiger partial charge in [0.2, 0.25) is 0 Å². The summed E-state index contributed by atoms with van der Waals surface area (Å²) in [5.41, 5.74) is 1.89. The van der Waals surface area contributed by atoms with Crippen molar-refractivity contribution in [1.29, 1.82) is 0 Å². The van der Waals surface area contributed by atoms with Crippen molar-refractivity contribution in [3.63, 3.8) is 0 Å². The Labute approximate surface area is 216 Å². The van der Waals surface area contributed by atoms with Crippen molar-refractivity contribution < 1.29 is 45.9 Å². The van der Waals surface area contributed by atoms with Gasteiger partial charge in [-0.3, -0.25) is 0 Å². The maximum atomic E-state index is 14.3. The van der Waals surface area contributed by atoms with E-state index in [1.807, 2.05) is 0 Å². The number of hydrogen-bond acceptors (Lipinski definition) is 10. The van der Waals surface area contributed by atoms with E-state index in [1.54, 1.807) is 30.0 Å². The van der Waals surface area contributed by atoms with Crippen LogP contribution in [-0.4, -0.2) is 55.8 Å². The molecule has 2 aliphatic heterocycles. The number of carbonyl (C=O) groups is 1. The van der Waals surface area contributed by atoms with Crippen LogP contribution >= 0.6 is 11.6 Å². The zero-order chi connectivity index (χ0) is 25.1. The molecule has 0 bridgehead atoms. The third-order valence-electron chi connectivity index (χ3n) is 5.86. The van der Waals surface area contributed by atoms with Crippen molar-refractivity contribution in [2.24, 2.45) is 10.5 Å². The Morgan fingerprint density at radius 2 is 2.17 bits per heavy atom. The van der Waals surface area contributed by atoms with Gasteiger partial charge in [-0.25, -0.2) is 0 Å². The third-order valence-corrected chi connectivity index (χ3v) is 8.40. The van der Waals surface area contributed by atoms with E-state index in [2.05, 4.69) is 29.3 Å². The number of hydrazone groups is 1. The second kappa shape index (κ2) is 8.65. The second-order valence-electron chi connectivity index (χ2n) is 9.42. The van der Waals surface area contributed by atoms with Crippen LogP contribution in [0.2, 0.25) is 5.02 Å². The van der Waals surface area contributed by atoms with E-state index < -0.39 is 57.0 Å². The topological polar surface area (TPSA) is 144 Å². The number of anilines is 4. The zero-order valence-corrected chi connectivity index (χ0v) is 21.8. The van der Waals surface area contributed by atoms with Crippen molar-refractivity contribution in [3.05, 3.63) is 35.4 Å². The van der Waals surface area contributed by atoms with Crippen LogP contribution in [0.3, 0.4) is 0 Å². The van der Waals surface area contributed by atoms with Gasteiger partial charge in [0, 0.05) is 0 Å². The van der Waals surface area contributed by atoms with E-state index in [0.717, 1.165) is 0 Å². The Bertz CT molecular complexity index is 1230. The minimum atomic E-state index is -1.24. The number of hydrogen-bond donors (Lipinski definition) is 5. The quantitative estimate of drug-likeness (QED) is 0.164. The van der Waals surface area contributed by atoms with Crippen LogP contribution in [0.5, 0.6) is 0 Å². The molecule has 2 aromatic rings. The molecule has 1 saturated carbocycles. The van der Waals surface area contributed by atoms with Crippen LogP contribution in [-0.2, 0) is 9.53 Å². The number of aliphatic hydroxyl groups is 2. The van der Waals surface area contributed by atoms with Gasteiger partial charge in [0.25, 0.3) is 0 Å². The van der Waals surface area contributed by atoms with Crippen LogP contribution in [0.4, 0.5) is 27.4 Å². The SMILES string of the molecule is CC(C)(C)C(=O)N/N=C1\CC12O[C@@H](N1[I-]Nc3c(Nc4ccc(Cl)cc4F)ncnc31)[C@H](O)[C@@H]2O. The molecule has 1 amide bonds. The molecule has 0 radical (unpaired) electrons. The fraction of sp³-hybridized carbons (Fsp3) is 0.429. The number of halogens is 3. The Morgan fingerprint density at radius 1 is 1.40 bits per heavy atom. The van der Waals surface area contributed by atoms with Crippen LogP contribution in [0.1, 0.15) is 27.2 Å². The summed E-state index contributed by atoms with van der Waals surface area (Å²) in [5, 5.41) is 28.9. The summed E-state index contributed by atoms with van der Waals surface area (Å²) in [4.78, 5) is 20.7. The van der Waals surface area contributed by atoms with Gasteiger partial charge in [-0.05, 0) is 0 Å². The van der Waals surface area contributed by atoms with Gasteiger partial charge in [-0.2, -0.15) is 0 Å². The van der Waals surface area contributed by atoms with Gasteiger partial charge >= 0.3 is 217 Å². The van der Waals surface area contributed by atoms with Crippen molar-refractivity contribution >= 4 is 46.2 Å². The third kappa shape index (κ3) is 4.28. The molecule has 1 spiro atoms. The number of rotatable bonds is 4. The molecule has 35 heavy (non-hydrogen) atoms. The predicted molar refractivity (Wildman–Crippen MR) is 122 cm³/mol. The molecule has 1 unspecified atom stereocenters. The molecule has 2 fully saturated rings. The summed E-state index contributed by atoms with van der Waals surface area (Å²) >= 11 is 4.87. The average molecular weight is 619 g/mol. The molecule has 1 aromatic heterocycles. The first-order chi connectivity index (χ1) is 16.5. The molecular weight excluding hydrogens is 596 g/mol. The fourth-order valence-corrected chi connectivity index (χ4v) is 6.18. The van der Waals surface area contributed by atoms with Crippen LogP contribution < -0.4 is 39.1 Å². The van der Waals surface area contributed by atoms with Gasteiger partial charge in [0.1, 0.15) is 0 Å². The van der Waals surface area contributed by atoms with E-state index in [-0.39, 0.29) is 23.0 Å². The van der Waals surface area contributed by atoms with E-state index in [0.29, 0.717) is 23.0 Å². The Kier molecular flexibility index (Phi) is 6.03. The molecule has 1 saturated heterocycles. The zero-order valence-electron chi connectivity index (χ0n) is 18.9.